The van der Waals surface area contributed by atoms with Gasteiger partial charge in [-0.2, -0.15) is 16.4 Å². The summed E-state index contributed by atoms with van der Waals surface area (Å²) in [5, 5.41) is 15.5. The molecule has 0 aliphatic carbocycles. The highest BCUT2D eigenvalue weighted by atomic mass is 32.1. The Morgan fingerprint density at radius 2 is 2.11 bits per heavy atom. The lowest BCUT2D eigenvalue weighted by Gasteiger charge is -2.23. The van der Waals surface area contributed by atoms with E-state index in [0.717, 1.165) is 42.5 Å². The number of H-pyrrole nitrogens is 1. The summed E-state index contributed by atoms with van der Waals surface area (Å²) in [6.07, 6.45) is 1.94. The van der Waals surface area contributed by atoms with Crippen molar-refractivity contribution in [1.82, 2.24) is 19.9 Å². The molecule has 0 radical (unpaired) electrons. The summed E-state index contributed by atoms with van der Waals surface area (Å²) in [7, 11) is 0. The lowest BCUT2D eigenvalue weighted by atomic mass is 9.94. The minimum atomic E-state index is -0.176. The number of hydrogen-bond acceptors (Lipinski definition) is 5. The molecule has 1 saturated heterocycles. The molecule has 0 bridgehead atoms. The highest BCUT2D eigenvalue weighted by Crippen LogP contribution is 2.30. The average molecular weight is 393 g/mol. The maximum absolute atomic E-state index is 12.5. The number of piperidine rings is 1. The largest absolute Gasteiger partial charge is 0.321 e. The minimum absolute atomic E-state index is 0.151. The number of amides is 1. The smallest absolute Gasteiger partial charge is 0.256 e. The Kier molecular flexibility index (Phi) is 4.22. The summed E-state index contributed by atoms with van der Waals surface area (Å²) in [5.41, 5.74) is 3.38. The van der Waals surface area contributed by atoms with Crippen LogP contribution in [0.2, 0.25) is 0 Å². The third kappa shape index (κ3) is 2.90. The van der Waals surface area contributed by atoms with Gasteiger partial charge in [-0.1, -0.05) is 6.07 Å². The highest BCUT2D eigenvalue weighted by Gasteiger charge is 2.22. The molecule has 8 heteroatoms. The van der Waals surface area contributed by atoms with Crippen molar-refractivity contribution in [1.29, 1.82) is 0 Å². The van der Waals surface area contributed by atoms with Crippen LogP contribution in [0.4, 0.5) is 5.69 Å². The van der Waals surface area contributed by atoms with Gasteiger partial charge in [0.15, 0.2) is 0 Å². The van der Waals surface area contributed by atoms with Crippen molar-refractivity contribution in [3.05, 3.63) is 62.7 Å². The maximum Gasteiger partial charge on any atom is 0.256 e. The van der Waals surface area contributed by atoms with Gasteiger partial charge in [-0.15, -0.1) is 0 Å². The van der Waals surface area contributed by atoms with Gasteiger partial charge in [-0.25, -0.2) is 4.52 Å². The number of nitrogens with one attached hydrogen (secondary N) is 3. The van der Waals surface area contributed by atoms with Gasteiger partial charge in [0.05, 0.1) is 27.8 Å². The first-order valence-electron chi connectivity index (χ1n) is 9.29. The van der Waals surface area contributed by atoms with E-state index in [-0.39, 0.29) is 17.4 Å². The number of thiophene rings is 1. The van der Waals surface area contributed by atoms with Gasteiger partial charge in [0.2, 0.25) is 0 Å². The zero-order valence-corrected chi connectivity index (χ0v) is 15.9. The molecule has 1 fully saturated rings. The summed E-state index contributed by atoms with van der Waals surface area (Å²) in [5.74, 6) is 0.106. The molecule has 7 nitrogen and oxygen atoms in total. The quantitative estimate of drug-likeness (QED) is 0.499. The van der Waals surface area contributed by atoms with E-state index >= 15 is 0 Å². The molecule has 5 rings (SSSR count). The van der Waals surface area contributed by atoms with E-state index in [9.17, 15) is 9.59 Å². The van der Waals surface area contributed by atoms with Gasteiger partial charge in [-0.3, -0.25) is 9.59 Å². The molecule has 0 atom stereocenters. The number of aromatic nitrogens is 3. The lowest BCUT2D eigenvalue weighted by molar-refractivity contribution is 0.102. The van der Waals surface area contributed by atoms with Gasteiger partial charge < -0.3 is 15.6 Å². The van der Waals surface area contributed by atoms with Gasteiger partial charge in [0.1, 0.15) is 5.65 Å². The van der Waals surface area contributed by atoms with Crippen molar-refractivity contribution in [2.24, 2.45) is 0 Å². The second-order valence-corrected chi connectivity index (χ2v) is 7.79. The molecule has 3 N–H and O–H groups in total. The van der Waals surface area contributed by atoms with Crippen LogP contribution in [-0.4, -0.2) is 33.6 Å². The van der Waals surface area contributed by atoms with Crippen molar-refractivity contribution in [3.8, 4) is 0 Å². The molecule has 1 aliphatic heterocycles. The van der Waals surface area contributed by atoms with E-state index in [1.807, 2.05) is 33.5 Å². The third-order valence-electron chi connectivity index (χ3n) is 5.25. The molecular weight excluding hydrogens is 374 g/mol. The summed E-state index contributed by atoms with van der Waals surface area (Å²) in [6, 6.07) is 9.03. The number of nitrogens with zero attached hydrogens (tertiary/aromatic N) is 2. The van der Waals surface area contributed by atoms with Crippen LogP contribution in [0.1, 0.15) is 34.8 Å². The van der Waals surface area contributed by atoms with E-state index in [2.05, 4.69) is 15.6 Å². The first-order chi connectivity index (χ1) is 13.7. The van der Waals surface area contributed by atoms with Crippen LogP contribution >= 0.6 is 11.3 Å². The predicted octanol–water partition coefficient (Wildman–Crippen LogP) is 2.96. The van der Waals surface area contributed by atoms with Crippen molar-refractivity contribution < 1.29 is 4.79 Å². The Balaban J connectivity index is 1.67. The van der Waals surface area contributed by atoms with Crippen molar-refractivity contribution >= 4 is 39.5 Å². The van der Waals surface area contributed by atoms with Crippen LogP contribution in [-0.2, 0) is 0 Å². The van der Waals surface area contributed by atoms with Crippen molar-refractivity contribution in [2.75, 3.05) is 18.4 Å². The van der Waals surface area contributed by atoms with Crippen LogP contribution < -0.4 is 16.2 Å². The summed E-state index contributed by atoms with van der Waals surface area (Å²) in [6.45, 7) is 1.86. The third-order valence-corrected chi connectivity index (χ3v) is 5.94. The zero-order valence-electron chi connectivity index (χ0n) is 15.1. The first kappa shape index (κ1) is 17.2. The molecule has 28 heavy (non-hydrogen) atoms. The number of rotatable bonds is 3. The average Bonchev–Trinajstić information content (AvgIpc) is 3.36. The van der Waals surface area contributed by atoms with Gasteiger partial charge in [0.25, 0.3) is 11.5 Å². The summed E-state index contributed by atoms with van der Waals surface area (Å²) in [4.78, 5) is 27.9. The predicted molar refractivity (Wildman–Crippen MR) is 110 cm³/mol. The normalized spacial score (nSPS) is 15.3. The number of hydrogen-bond donors (Lipinski definition) is 3. The van der Waals surface area contributed by atoms with Crippen LogP contribution in [0.3, 0.4) is 0 Å². The molecule has 0 spiro atoms. The fourth-order valence-electron chi connectivity index (χ4n) is 3.89. The minimum Gasteiger partial charge on any atom is -0.321 e. The molecule has 1 amide bonds. The summed E-state index contributed by atoms with van der Waals surface area (Å²) >= 11 is 1.48. The molecule has 1 aromatic carbocycles. The maximum atomic E-state index is 12.5. The molecule has 0 saturated carbocycles. The Hall–Kier alpha value is -2.97. The van der Waals surface area contributed by atoms with Crippen LogP contribution in [0, 0.1) is 0 Å². The Bertz CT molecular complexity index is 1220. The molecular formula is C20H19N5O2S. The second-order valence-electron chi connectivity index (χ2n) is 7.01. The van der Waals surface area contributed by atoms with Crippen LogP contribution in [0.15, 0.2) is 45.9 Å². The first-order valence-corrected chi connectivity index (χ1v) is 10.2. The SMILES string of the molecule is O=C(Nc1cccc2nn3c(C4CCNCC4)cc(=O)[nH]c3c12)c1ccsc1. The second kappa shape index (κ2) is 6.88. The van der Waals surface area contributed by atoms with Crippen LogP contribution in [0.5, 0.6) is 0 Å². The summed E-state index contributed by atoms with van der Waals surface area (Å²) < 4.78 is 1.84. The molecule has 3 aromatic heterocycles. The van der Waals surface area contributed by atoms with Gasteiger partial charge in [-0.05, 0) is 49.5 Å². The molecule has 1 aliphatic rings. The molecule has 142 valence electrons. The Morgan fingerprint density at radius 1 is 1.25 bits per heavy atom. The van der Waals surface area contributed by atoms with E-state index < -0.39 is 0 Å². The topological polar surface area (TPSA) is 91.3 Å². The fourth-order valence-corrected chi connectivity index (χ4v) is 4.52. The van der Waals surface area contributed by atoms with E-state index in [1.165, 1.54) is 11.3 Å². The van der Waals surface area contributed by atoms with E-state index in [1.54, 1.807) is 12.1 Å². The van der Waals surface area contributed by atoms with Crippen molar-refractivity contribution in [3.63, 3.8) is 0 Å². The van der Waals surface area contributed by atoms with E-state index in [4.69, 9.17) is 5.10 Å². The van der Waals surface area contributed by atoms with Gasteiger partial charge in [0, 0.05) is 17.4 Å². The number of anilines is 1. The number of fused-ring (bicyclic) bond motifs is 3. The van der Waals surface area contributed by atoms with Crippen molar-refractivity contribution in [2.45, 2.75) is 18.8 Å². The Labute approximate surface area is 164 Å². The number of carbonyl (C=O) groups excluding carboxylic acids is 1. The number of carbonyl (C=O) groups is 1. The lowest BCUT2D eigenvalue weighted by Crippen LogP contribution is -2.28. The standard InChI is InChI=1S/C20H19N5O2S/c26-17-10-16(12-4-7-21-8-5-12)25-19(23-17)18-14(2-1-3-15(18)24-25)22-20(27)13-6-9-28-11-13/h1-3,6,9-12,21H,4-5,7-8H2,(H,22,27)(H,23,26). The highest BCUT2D eigenvalue weighted by molar-refractivity contribution is 7.08. The monoisotopic (exact) mass is 393 g/mol. The van der Waals surface area contributed by atoms with E-state index in [0.29, 0.717) is 16.9 Å². The Morgan fingerprint density at radius 3 is 2.89 bits per heavy atom. The molecule has 4 heterocycles. The zero-order chi connectivity index (χ0) is 19.1. The number of aromatic amines is 1. The van der Waals surface area contributed by atoms with Gasteiger partial charge >= 0.3 is 0 Å². The molecule has 4 aromatic rings. The fraction of sp³-hybridized carbons (Fsp3) is 0.250. The molecule has 0 unspecified atom stereocenters. The number of benzene rings is 1. The van der Waals surface area contributed by atoms with Crippen LogP contribution in [0.25, 0.3) is 16.6 Å².